The van der Waals surface area contributed by atoms with Gasteiger partial charge in [0.15, 0.2) is 0 Å². The third kappa shape index (κ3) is 3.51. The van der Waals surface area contributed by atoms with Gasteiger partial charge in [0.25, 0.3) is 5.91 Å². The molecule has 3 aromatic rings. The number of hydrogen-bond donors (Lipinski definition) is 1. The van der Waals surface area contributed by atoms with Gasteiger partial charge in [0, 0.05) is 30.4 Å². The molecule has 136 valence electrons. The lowest BCUT2D eigenvalue weighted by atomic mass is 10.2. The van der Waals surface area contributed by atoms with E-state index in [0.29, 0.717) is 17.2 Å². The lowest BCUT2D eigenvalue weighted by molar-refractivity contribution is 0.0945. The quantitative estimate of drug-likeness (QED) is 0.771. The molecule has 0 spiro atoms. The minimum Gasteiger partial charge on any atom is -0.347 e. The van der Waals surface area contributed by atoms with Gasteiger partial charge in [-0.1, -0.05) is 36.4 Å². The summed E-state index contributed by atoms with van der Waals surface area (Å²) in [6.07, 6.45) is 0.939. The predicted octanol–water partition coefficient (Wildman–Crippen LogP) is 3.55. The summed E-state index contributed by atoms with van der Waals surface area (Å²) in [6, 6.07) is 16.2. The Kier molecular flexibility index (Phi) is 4.54. The number of amides is 1. The van der Waals surface area contributed by atoms with Crippen molar-refractivity contribution in [3.8, 4) is 0 Å². The number of rotatable bonds is 4. The second-order valence-corrected chi connectivity index (χ2v) is 6.46. The largest absolute Gasteiger partial charge is 0.347 e. The van der Waals surface area contributed by atoms with E-state index in [9.17, 15) is 9.18 Å². The fourth-order valence-corrected chi connectivity index (χ4v) is 3.29. The Hall–Kier alpha value is -3.28. The number of anilines is 2. The predicted molar refractivity (Wildman–Crippen MR) is 101 cm³/mol. The molecule has 6 heteroatoms. The number of hydrogen-bond acceptors (Lipinski definition) is 4. The fraction of sp³-hybridized carbons (Fsp3) is 0.190. The van der Waals surface area contributed by atoms with Crippen LogP contribution in [0.25, 0.3) is 0 Å². The second kappa shape index (κ2) is 7.15. The van der Waals surface area contributed by atoms with Gasteiger partial charge < -0.3 is 10.2 Å². The first-order valence-electron chi connectivity index (χ1n) is 8.84. The van der Waals surface area contributed by atoms with Gasteiger partial charge in [-0.3, -0.25) is 4.79 Å². The van der Waals surface area contributed by atoms with E-state index in [2.05, 4.69) is 32.3 Å². The molecular weight excluding hydrogens is 343 g/mol. The number of carbonyl (C=O) groups is 1. The third-order valence-electron chi connectivity index (χ3n) is 4.62. The Morgan fingerprint density at radius 1 is 1.15 bits per heavy atom. The molecule has 0 atom stereocenters. The van der Waals surface area contributed by atoms with Crippen molar-refractivity contribution in [1.29, 1.82) is 0 Å². The molecule has 1 aliphatic rings. The van der Waals surface area contributed by atoms with E-state index in [0.717, 1.165) is 18.7 Å². The van der Waals surface area contributed by atoms with Crippen molar-refractivity contribution >= 4 is 17.4 Å². The molecule has 0 aliphatic carbocycles. The van der Waals surface area contributed by atoms with Crippen LogP contribution in [0.1, 0.15) is 27.4 Å². The normalized spacial score (nSPS) is 12.7. The van der Waals surface area contributed by atoms with Crippen molar-refractivity contribution in [3.63, 3.8) is 0 Å². The van der Waals surface area contributed by atoms with E-state index in [-0.39, 0.29) is 24.0 Å². The third-order valence-corrected chi connectivity index (χ3v) is 4.62. The Morgan fingerprint density at radius 2 is 1.93 bits per heavy atom. The Balaban J connectivity index is 1.56. The summed E-state index contributed by atoms with van der Waals surface area (Å²) in [5.74, 6) is 0.528. The number of fused-ring (bicyclic) bond motifs is 1. The number of nitrogens with zero attached hydrogens (tertiary/aromatic N) is 3. The monoisotopic (exact) mass is 362 g/mol. The topological polar surface area (TPSA) is 58.1 Å². The summed E-state index contributed by atoms with van der Waals surface area (Å²) < 4.78 is 13.7. The molecule has 1 aromatic heterocycles. The maximum Gasteiger partial charge on any atom is 0.270 e. The van der Waals surface area contributed by atoms with Gasteiger partial charge in [-0.2, -0.15) is 0 Å². The van der Waals surface area contributed by atoms with Crippen molar-refractivity contribution < 1.29 is 9.18 Å². The van der Waals surface area contributed by atoms with Gasteiger partial charge in [0.1, 0.15) is 23.2 Å². The summed E-state index contributed by atoms with van der Waals surface area (Å²) in [4.78, 5) is 23.4. The summed E-state index contributed by atoms with van der Waals surface area (Å²) >= 11 is 0. The average molecular weight is 362 g/mol. The number of halogens is 1. The highest BCUT2D eigenvalue weighted by atomic mass is 19.1. The lowest BCUT2D eigenvalue weighted by Gasteiger charge is -2.19. The van der Waals surface area contributed by atoms with Crippen LogP contribution in [0.15, 0.2) is 54.6 Å². The zero-order valence-corrected chi connectivity index (χ0v) is 14.9. The molecule has 1 amide bonds. The van der Waals surface area contributed by atoms with E-state index in [1.54, 1.807) is 31.2 Å². The van der Waals surface area contributed by atoms with Gasteiger partial charge in [-0.25, -0.2) is 14.4 Å². The first kappa shape index (κ1) is 17.1. The van der Waals surface area contributed by atoms with Crippen molar-refractivity contribution in [1.82, 2.24) is 15.3 Å². The molecule has 1 N–H and O–H groups in total. The number of nitrogens with one attached hydrogen (secondary N) is 1. The maximum atomic E-state index is 13.7. The number of benzene rings is 2. The van der Waals surface area contributed by atoms with E-state index in [1.165, 1.54) is 11.6 Å². The summed E-state index contributed by atoms with van der Waals surface area (Å²) in [5, 5.41) is 2.73. The molecule has 27 heavy (non-hydrogen) atoms. The molecular formula is C21H19FN4O. The number of aromatic nitrogens is 2. The number of carbonyl (C=O) groups excluding carboxylic acids is 1. The highest BCUT2D eigenvalue weighted by molar-refractivity contribution is 5.93. The van der Waals surface area contributed by atoms with Gasteiger partial charge in [0.05, 0.1) is 0 Å². The van der Waals surface area contributed by atoms with Crippen LogP contribution < -0.4 is 10.2 Å². The van der Waals surface area contributed by atoms with E-state index < -0.39 is 0 Å². The highest BCUT2D eigenvalue weighted by Crippen LogP contribution is 2.33. The van der Waals surface area contributed by atoms with Crippen LogP contribution in [0.5, 0.6) is 0 Å². The highest BCUT2D eigenvalue weighted by Gasteiger charge is 2.22. The molecule has 5 nitrogen and oxygen atoms in total. The summed E-state index contributed by atoms with van der Waals surface area (Å²) in [5.41, 5.74) is 3.08. The molecule has 2 heterocycles. The smallest absolute Gasteiger partial charge is 0.270 e. The molecule has 0 unspecified atom stereocenters. The van der Waals surface area contributed by atoms with Crippen LogP contribution in [0.3, 0.4) is 0 Å². The fourth-order valence-electron chi connectivity index (χ4n) is 3.29. The summed E-state index contributed by atoms with van der Waals surface area (Å²) in [7, 11) is 0. The van der Waals surface area contributed by atoms with Crippen LogP contribution in [0, 0.1) is 12.7 Å². The van der Waals surface area contributed by atoms with Crippen molar-refractivity contribution in [2.24, 2.45) is 0 Å². The first-order chi connectivity index (χ1) is 13.1. The molecule has 1 aliphatic heterocycles. The van der Waals surface area contributed by atoms with E-state index in [1.807, 2.05) is 12.1 Å². The molecule has 0 fully saturated rings. The minimum atomic E-state index is -0.350. The van der Waals surface area contributed by atoms with Gasteiger partial charge in [-0.05, 0) is 31.0 Å². The first-order valence-corrected chi connectivity index (χ1v) is 8.84. The average Bonchev–Trinajstić information content (AvgIpc) is 3.11. The minimum absolute atomic E-state index is 0.108. The van der Waals surface area contributed by atoms with Crippen molar-refractivity contribution in [2.75, 3.05) is 11.4 Å². The SMILES string of the molecule is Cc1nc(C(=O)NCc2ccccc2F)cc(N2CCc3ccccc32)n1. The zero-order chi connectivity index (χ0) is 18.8. The van der Waals surface area contributed by atoms with Gasteiger partial charge in [0.2, 0.25) is 0 Å². The summed E-state index contributed by atoms with van der Waals surface area (Å²) in [6.45, 7) is 2.68. The van der Waals surface area contributed by atoms with Crippen LogP contribution in [0.4, 0.5) is 15.9 Å². The zero-order valence-electron chi connectivity index (χ0n) is 14.9. The molecule has 0 bridgehead atoms. The lowest BCUT2D eigenvalue weighted by Crippen LogP contribution is -2.25. The molecule has 0 saturated carbocycles. The standard InChI is InChI=1S/C21H19FN4O/c1-14-24-18(21(27)23-13-16-7-2-4-8-17(16)22)12-20(25-14)26-11-10-15-6-3-5-9-19(15)26/h2-9,12H,10-11,13H2,1H3,(H,23,27). The van der Waals surface area contributed by atoms with Crippen LogP contribution >= 0.6 is 0 Å². The number of aryl methyl sites for hydroxylation is 1. The van der Waals surface area contributed by atoms with Crippen LogP contribution in [0.2, 0.25) is 0 Å². The van der Waals surface area contributed by atoms with Crippen LogP contribution in [-0.2, 0) is 13.0 Å². The van der Waals surface area contributed by atoms with Gasteiger partial charge >= 0.3 is 0 Å². The second-order valence-electron chi connectivity index (χ2n) is 6.46. The Morgan fingerprint density at radius 3 is 2.78 bits per heavy atom. The van der Waals surface area contributed by atoms with Crippen molar-refractivity contribution in [3.05, 3.63) is 83.1 Å². The van der Waals surface area contributed by atoms with Gasteiger partial charge in [-0.15, -0.1) is 0 Å². The van der Waals surface area contributed by atoms with E-state index in [4.69, 9.17) is 0 Å². The van der Waals surface area contributed by atoms with Crippen LogP contribution in [-0.4, -0.2) is 22.4 Å². The Bertz CT molecular complexity index is 1000. The number of para-hydroxylation sites is 1. The van der Waals surface area contributed by atoms with Crippen molar-refractivity contribution in [2.45, 2.75) is 19.9 Å². The van der Waals surface area contributed by atoms with E-state index >= 15 is 0 Å². The molecule has 0 radical (unpaired) electrons. The Labute approximate surface area is 156 Å². The molecule has 2 aromatic carbocycles. The molecule has 4 rings (SSSR count). The molecule has 0 saturated heterocycles. The maximum absolute atomic E-state index is 13.7.